The van der Waals surface area contributed by atoms with Crippen LogP contribution in [0.5, 0.6) is 0 Å². The molecular weight excluding hydrogens is 266 g/mol. The van der Waals surface area contributed by atoms with E-state index in [9.17, 15) is 4.79 Å². The minimum Gasteiger partial charge on any atom is -0.409 e. The second kappa shape index (κ2) is 7.67. The molecule has 4 N–H and O–H groups in total. The molecule has 0 bridgehead atoms. The number of nitrogens with two attached hydrogens (primary N) is 1. The van der Waals surface area contributed by atoms with Gasteiger partial charge in [-0.15, -0.1) is 0 Å². The van der Waals surface area contributed by atoms with E-state index < -0.39 is 5.41 Å². The van der Waals surface area contributed by atoms with Crippen LogP contribution in [-0.2, 0) is 4.79 Å². The van der Waals surface area contributed by atoms with E-state index in [1.807, 2.05) is 25.1 Å². The Bertz CT molecular complexity index is 488. The number of amides is 1. The third-order valence-electron chi connectivity index (χ3n) is 4.11. The van der Waals surface area contributed by atoms with Crippen LogP contribution in [0.25, 0.3) is 0 Å². The molecule has 0 heterocycles. The van der Waals surface area contributed by atoms with Gasteiger partial charge in [-0.25, -0.2) is 0 Å². The van der Waals surface area contributed by atoms with Gasteiger partial charge in [-0.05, 0) is 31.2 Å². The first-order chi connectivity index (χ1) is 9.95. The summed E-state index contributed by atoms with van der Waals surface area (Å²) in [6.45, 7) is 6.20. The number of carbonyl (C=O) groups excluding carboxylic acids is 1. The molecule has 0 radical (unpaired) electrons. The van der Waals surface area contributed by atoms with E-state index in [0.717, 1.165) is 6.42 Å². The average molecular weight is 291 g/mol. The normalized spacial score (nSPS) is 16.0. The first kappa shape index (κ1) is 17.0. The van der Waals surface area contributed by atoms with E-state index in [2.05, 4.69) is 29.5 Å². The summed E-state index contributed by atoms with van der Waals surface area (Å²) in [5.74, 6) is 0.0995. The van der Waals surface area contributed by atoms with Crippen LogP contribution in [0.1, 0.15) is 45.1 Å². The van der Waals surface area contributed by atoms with Crippen molar-refractivity contribution >= 4 is 11.7 Å². The average Bonchev–Trinajstić information content (AvgIpc) is 2.53. The van der Waals surface area contributed by atoms with Crippen molar-refractivity contribution < 1.29 is 10.0 Å². The third kappa shape index (κ3) is 4.21. The van der Waals surface area contributed by atoms with E-state index in [-0.39, 0.29) is 11.7 Å². The van der Waals surface area contributed by atoms with Crippen LogP contribution in [0, 0.1) is 5.41 Å². The lowest BCUT2D eigenvalue weighted by molar-refractivity contribution is -0.127. The summed E-state index contributed by atoms with van der Waals surface area (Å²) in [6.07, 6.45) is 1.31. The molecule has 21 heavy (non-hydrogen) atoms. The summed E-state index contributed by atoms with van der Waals surface area (Å²) in [7, 11) is 0. The number of nitrogens with one attached hydrogen (secondary N) is 1. The topological polar surface area (TPSA) is 87.7 Å². The van der Waals surface area contributed by atoms with Gasteiger partial charge in [0.2, 0.25) is 5.91 Å². The molecule has 0 fully saturated rings. The van der Waals surface area contributed by atoms with Crippen LogP contribution >= 0.6 is 0 Å². The van der Waals surface area contributed by atoms with E-state index >= 15 is 0 Å². The van der Waals surface area contributed by atoms with Gasteiger partial charge in [-0.2, -0.15) is 0 Å². The second-order valence-corrected chi connectivity index (χ2v) is 5.53. The fourth-order valence-electron chi connectivity index (χ4n) is 2.11. The van der Waals surface area contributed by atoms with Gasteiger partial charge in [-0.3, -0.25) is 4.79 Å². The fraction of sp³-hybridized carbons (Fsp3) is 0.500. The zero-order chi connectivity index (χ0) is 15.9. The van der Waals surface area contributed by atoms with Crippen molar-refractivity contribution in [3.63, 3.8) is 0 Å². The van der Waals surface area contributed by atoms with E-state index in [1.165, 1.54) is 5.56 Å². The molecule has 1 rings (SSSR count). The molecule has 2 atom stereocenters. The zero-order valence-corrected chi connectivity index (χ0v) is 13.0. The molecule has 0 spiro atoms. The number of oxime groups is 1. The predicted molar refractivity (Wildman–Crippen MR) is 84.3 cm³/mol. The van der Waals surface area contributed by atoms with E-state index in [0.29, 0.717) is 18.9 Å². The van der Waals surface area contributed by atoms with Gasteiger partial charge in [0.25, 0.3) is 0 Å². The summed E-state index contributed by atoms with van der Waals surface area (Å²) in [4.78, 5) is 12.2. The van der Waals surface area contributed by atoms with Crippen LogP contribution in [0.2, 0.25) is 0 Å². The van der Waals surface area contributed by atoms with Crippen molar-refractivity contribution in [3.8, 4) is 0 Å². The highest BCUT2D eigenvalue weighted by atomic mass is 16.4. The van der Waals surface area contributed by atoms with Crippen molar-refractivity contribution in [1.82, 2.24) is 5.32 Å². The smallest absolute Gasteiger partial charge is 0.233 e. The SMILES string of the molecule is CCC(C)(C(=O)NCCC(C)c1ccccc1)/C(N)=N/O. The fourth-order valence-corrected chi connectivity index (χ4v) is 2.11. The molecule has 5 nitrogen and oxygen atoms in total. The Kier molecular flexibility index (Phi) is 6.21. The Labute approximate surface area is 126 Å². The summed E-state index contributed by atoms with van der Waals surface area (Å²) in [6, 6.07) is 10.2. The largest absolute Gasteiger partial charge is 0.409 e. The number of benzene rings is 1. The number of amidine groups is 1. The zero-order valence-electron chi connectivity index (χ0n) is 13.0. The maximum atomic E-state index is 12.2. The Balaban J connectivity index is 2.54. The van der Waals surface area contributed by atoms with Crippen LogP contribution in [0.4, 0.5) is 0 Å². The molecule has 0 aliphatic rings. The number of hydrogen-bond acceptors (Lipinski definition) is 3. The van der Waals surface area contributed by atoms with Crippen molar-refractivity contribution in [1.29, 1.82) is 0 Å². The van der Waals surface area contributed by atoms with Crippen LogP contribution in [-0.4, -0.2) is 23.5 Å². The summed E-state index contributed by atoms with van der Waals surface area (Å²) < 4.78 is 0. The Hall–Kier alpha value is -2.04. The highest BCUT2D eigenvalue weighted by Crippen LogP contribution is 2.22. The van der Waals surface area contributed by atoms with Gasteiger partial charge in [0.15, 0.2) is 5.84 Å². The van der Waals surface area contributed by atoms with Crippen molar-refractivity contribution in [2.24, 2.45) is 16.3 Å². The minimum atomic E-state index is -0.968. The van der Waals surface area contributed by atoms with Gasteiger partial charge in [0.1, 0.15) is 5.41 Å². The number of rotatable bonds is 7. The lowest BCUT2D eigenvalue weighted by atomic mass is 9.85. The first-order valence-electron chi connectivity index (χ1n) is 7.27. The van der Waals surface area contributed by atoms with E-state index in [1.54, 1.807) is 6.92 Å². The monoisotopic (exact) mass is 291 g/mol. The summed E-state index contributed by atoms with van der Waals surface area (Å²) in [5, 5.41) is 14.7. The van der Waals surface area contributed by atoms with Crippen LogP contribution < -0.4 is 11.1 Å². The lowest BCUT2D eigenvalue weighted by Crippen LogP contribution is -2.47. The van der Waals surface area contributed by atoms with Gasteiger partial charge < -0.3 is 16.3 Å². The quantitative estimate of drug-likeness (QED) is 0.312. The molecule has 116 valence electrons. The first-order valence-corrected chi connectivity index (χ1v) is 7.27. The highest BCUT2D eigenvalue weighted by Gasteiger charge is 2.36. The van der Waals surface area contributed by atoms with Crippen molar-refractivity contribution in [3.05, 3.63) is 35.9 Å². The van der Waals surface area contributed by atoms with Gasteiger partial charge in [0.05, 0.1) is 0 Å². The third-order valence-corrected chi connectivity index (χ3v) is 4.11. The lowest BCUT2D eigenvalue weighted by Gasteiger charge is -2.25. The van der Waals surface area contributed by atoms with Crippen LogP contribution in [0.3, 0.4) is 0 Å². The van der Waals surface area contributed by atoms with E-state index in [4.69, 9.17) is 10.9 Å². The Morgan fingerprint density at radius 1 is 1.43 bits per heavy atom. The molecule has 0 aliphatic carbocycles. The molecule has 0 saturated carbocycles. The van der Waals surface area contributed by atoms with Crippen molar-refractivity contribution in [2.75, 3.05) is 6.54 Å². The standard InChI is InChI=1S/C16H25N3O2/c1-4-16(3,14(17)19-21)15(20)18-11-10-12(2)13-8-6-5-7-9-13/h5-9,12,21H,4,10-11H2,1-3H3,(H2,17,19)(H,18,20). The van der Waals surface area contributed by atoms with Gasteiger partial charge in [-0.1, -0.05) is 49.3 Å². The predicted octanol–water partition coefficient (Wildman–Crippen LogP) is 2.46. The van der Waals surface area contributed by atoms with Gasteiger partial charge >= 0.3 is 0 Å². The molecule has 1 aromatic carbocycles. The molecular formula is C16H25N3O2. The van der Waals surface area contributed by atoms with Crippen molar-refractivity contribution in [2.45, 2.75) is 39.5 Å². The Morgan fingerprint density at radius 2 is 2.05 bits per heavy atom. The maximum Gasteiger partial charge on any atom is 0.233 e. The summed E-state index contributed by atoms with van der Waals surface area (Å²) >= 11 is 0. The number of hydrogen-bond donors (Lipinski definition) is 3. The molecule has 0 aromatic heterocycles. The molecule has 0 saturated heterocycles. The molecule has 2 unspecified atom stereocenters. The summed E-state index contributed by atoms with van der Waals surface area (Å²) in [5.41, 5.74) is 5.91. The highest BCUT2D eigenvalue weighted by molar-refractivity contribution is 6.06. The van der Waals surface area contributed by atoms with Crippen LogP contribution in [0.15, 0.2) is 35.5 Å². The number of carbonyl (C=O) groups is 1. The maximum absolute atomic E-state index is 12.2. The molecule has 1 aromatic rings. The second-order valence-electron chi connectivity index (χ2n) is 5.53. The molecule has 0 aliphatic heterocycles. The minimum absolute atomic E-state index is 0.0568. The molecule has 5 heteroatoms. The number of nitrogens with zero attached hydrogens (tertiary/aromatic N) is 1. The van der Waals surface area contributed by atoms with Gasteiger partial charge in [0, 0.05) is 6.54 Å². The Morgan fingerprint density at radius 3 is 2.57 bits per heavy atom. The molecule has 1 amide bonds.